The van der Waals surface area contributed by atoms with E-state index in [0.29, 0.717) is 6.61 Å². The second-order valence-corrected chi connectivity index (χ2v) is 7.07. The van der Waals surface area contributed by atoms with Crippen LogP contribution in [0.15, 0.2) is 66.9 Å². The molecule has 28 heavy (non-hydrogen) atoms. The Hall–Kier alpha value is -2.78. The lowest BCUT2D eigenvalue weighted by molar-refractivity contribution is 0.308. The number of hydrogen-bond donors (Lipinski definition) is 0. The molecule has 0 amide bonds. The van der Waals surface area contributed by atoms with Gasteiger partial charge in [-0.25, -0.2) is 0 Å². The summed E-state index contributed by atoms with van der Waals surface area (Å²) in [5.41, 5.74) is 8.22. The normalized spacial score (nSPS) is 10.7. The summed E-state index contributed by atoms with van der Waals surface area (Å²) in [4.78, 5) is 4.63. The largest absolute Gasteiger partial charge is 0.487 e. The maximum absolute atomic E-state index is 6.25. The fourth-order valence-electron chi connectivity index (χ4n) is 3.56. The number of aryl methyl sites for hydroxylation is 2. The number of nitrogens with zero attached hydrogens (tertiary/aromatic N) is 2. The summed E-state index contributed by atoms with van der Waals surface area (Å²) in [6.07, 6.45) is 1.84. The zero-order valence-corrected chi connectivity index (χ0v) is 17.3. The fraction of sp³-hybridized carbons (Fsp3) is 0.208. The van der Waals surface area contributed by atoms with Crippen molar-refractivity contribution in [3.63, 3.8) is 0 Å². The van der Waals surface area contributed by atoms with Crippen molar-refractivity contribution < 1.29 is 4.74 Å². The Kier molecular flexibility index (Phi) is 6.05. The monoisotopic (exact) mass is 392 g/mol. The molecule has 0 aliphatic carbocycles. The average molecular weight is 393 g/mol. The third-order valence-electron chi connectivity index (χ3n) is 5.12. The average Bonchev–Trinajstić information content (AvgIpc) is 2.93. The second kappa shape index (κ2) is 8.49. The molecule has 0 aliphatic rings. The van der Waals surface area contributed by atoms with Crippen LogP contribution < -0.4 is 4.74 Å². The SMILES string of the molecule is Cc1cccc(COc2ccnc3c(C)c(C)n(Cc4ccccc4)c23)c1.Cl. The molecule has 0 saturated carbocycles. The number of halogens is 1. The highest BCUT2D eigenvalue weighted by atomic mass is 35.5. The van der Waals surface area contributed by atoms with E-state index in [-0.39, 0.29) is 12.4 Å². The van der Waals surface area contributed by atoms with Crippen LogP contribution in [-0.2, 0) is 13.2 Å². The molecule has 0 N–H and O–H groups in total. The molecular formula is C24H25ClN2O. The van der Waals surface area contributed by atoms with E-state index in [2.05, 4.69) is 78.9 Å². The molecule has 3 nitrogen and oxygen atoms in total. The van der Waals surface area contributed by atoms with Crippen LogP contribution in [0.4, 0.5) is 0 Å². The van der Waals surface area contributed by atoms with Gasteiger partial charge in [0.1, 0.15) is 17.9 Å². The van der Waals surface area contributed by atoms with E-state index in [0.717, 1.165) is 23.3 Å². The van der Waals surface area contributed by atoms with E-state index < -0.39 is 0 Å². The van der Waals surface area contributed by atoms with Crippen LogP contribution in [0.1, 0.15) is 27.9 Å². The minimum atomic E-state index is 0. The van der Waals surface area contributed by atoms with Crippen LogP contribution in [-0.4, -0.2) is 9.55 Å². The molecule has 0 radical (unpaired) electrons. The molecule has 144 valence electrons. The lowest BCUT2D eigenvalue weighted by Gasteiger charge is -2.13. The van der Waals surface area contributed by atoms with Gasteiger partial charge in [0.2, 0.25) is 0 Å². The highest BCUT2D eigenvalue weighted by molar-refractivity contribution is 5.86. The third-order valence-corrected chi connectivity index (χ3v) is 5.12. The predicted octanol–water partition coefficient (Wildman–Crippen LogP) is 6.01. The summed E-state index contributed by atoms with van der Waals surface area (Å²) < 4.78 is 8.56. The number of pyridine rings is 1. The van der Waals surface area contributed by atoms with E-state index in [4.69, 9.17) is 4.74 Å². The quantitative estimate of drug-likeness (QED) is 0.415. The van der Waals surface area contributed by atoms with Gasteiger partial charge in [-0.15, -0.1) is 12.4 Å². The van der Waals surface area contributed by atoms with Crippen LogP contribution in [0.3, 0.4) is 0 Å². The zero-order valence-electron chi connectivity index (χ0n) is 16.5. The van der Waals surface area contributed by atoms with Gasteiger partial charge in [-0.2, -0.15) is 0 Å². The Labute approximate surface area is 172 Å². The molecule has 0 bridgehead atoms. The van der Waals surface area contributed by atoms with Crippen LogP contribution in [0, 0.1) is 20.8 Å². The summed E-state index contributed by atoms with van der Waals surface area (Å²) >= 11 is 0. The van der Waals surface area contributed by atoms with Crippen molar-refractivity contribution in [1.29, 1.82) is 0 Å². The van der Waals surface area contributed by atoms with E-state index in [1.807, 2.05) is 18.3 Å². The molecule has 0 saturated heterocycles. The number of hydrogen-bond acceptors (Lipinski definition) is 2. The highest BCUT2D eigenvalue weighted by Gasteiger charge is 2.16. The molecule has 0 atom stereocenters. The molecule has 4 heteroatoms. The van der Waals surface area contributed by atoms with Gasteiger partial charge in [0.25, 0.3) is 0 Å². The van der Waals surface area contributed by atoms with Gasteiger partial charge in [0, 0.05) is 24.5 Å². The van der Waals surface area contributed by atoms with Gasteiger partial charge in [-0.3, -0.25) is 4.98 Å². The van der Waals surface area contributed by atoms with Crippen LogP contribution >= 0.6 is 12.4 Å². The summed E-state index contributed by atoms with van der Waals surface area (Å²) in [6, 6.07) is 20.9. The second-order valence-electron chi connectivity index (χ2n) is 7.07. The van der Waals surface area contributed by atoms with Crippen molar-refractivity contribution in [2.24, 2.45) is 0 Å². The lowest BCUT2D eigenvalue weighted by atomic mass is 10.1. The summed E-state index contributed by atoms with van der Waals surface area (Å²) in [5, 5.41) is 0. The number of aromatic nitrogens is 2. The topological polar surface area (TPSA) is 27.1 Å². The van der Waals surface area contributed by atoms with Gasteiger partial charge in [0.15, 0.2) is 0 Å². The number of fused-ring (bicyclic) bond motifs is 1. The van der Waals surface area contributed by atoms with Crippen LogP contribution in [0.5, 0.6) is 5.75 Å². The van der Waals surface area contributed by atoms with Gasteiger partial charge in [0.05, 0.1) is 5.52 Å². The first-order valence-corrected chi connectivity index (χ1v) is 9.30. The van der Waals surface area contributed by atoms with Crippen molar-refractivity contribution in [2.45, 2.75) is 33.9 Å². The summed E-state index contributed by atoms with van der Waals surface area (Å²) in [5.74, 6) is 0.883. The Bertz CT molecular complexity index is 1090. The summed E-state index contributed by atoms with van der Waals surface area (Å²) in [7, 11) is 0. The van der Waals surface area contributed by atoms with Crippen molar-refractivity contribution >= 4 is 23.4 Å². The minimum Gasteiger partial charge on any atom is -0.487 e. The van der Waals surface area contributed by atoms with Crippen LogP contribution in [0.2, 0.25) is 0 Å². The van der Waals surface area contributed by atoms with E-state index in [1.54, 1.807) is 0 Å². The molecule has 2 aromatic carbocycles. The third kappa shape index (κ3) is 3.90. The first kappa shape index (κ1) is 20.0. The highest BCUT2D eigenvalue weighted by Crippen LogP contribution is 2.32. The smallest absolute Gasteiger partial charge is 0.147 e. The molecule has 4 aromatic rings. The number of ether oxygens (including phenoxy) is 1. The van der Waals surface area contributed by atoms with Gasteiger partial charge >= 0.3 is 0 Å². The number of benzene rings is 2. The van der Waals surface area contributed by atoms with Gasteiger partial charge < -0.3 is 9.30 Å². The van der Waals surface area contributed by atoms with Gasteiger partial charge in [-0.1, -0.05) is 60.2 Å². The van der Waals surface area contributed by atoms with E-state index in [9.17, 15) is 0 Å². The molecule has 4 rings (SSSR count). The first-order valence-electron chi connectivity index (χ1n) is 9.30. The molecular weight excluding hydrogens is 368 g/mol. The lowest BCUT2D eigenvalue weighted by Crippen LogP contribution is -2.04. The first-order chi connectivity index (χ1) is 13.1. The van der Waals surface area contributed by atoms with Crippen molar-refractivity contribution in [1.82, 2.24) is 9.55 Å². The zero-order chi connectivity index (χ0) is 18.8. The maximum Gasteiger partial charge on any atom is 0.147 e. The Balaban J connectivity index is 0.00000225. The maximum atomic E-state index is 6.25. The molecule has 0 fully saturated rings. The minimum absolute atomic E-state index is 0. The molecule has 2 heterocycles. The van der Waals surface area contributed by atoms with Crippen molar-refractivity contribution in [3.05, 3.63) is 94.8 Å². The van der Waals surface area contributed by atoms with Crippen molar-refractivity contribution in [2.75, 3.05) is 0 Å². The van der Waals surface area contributed by atoms with Crippen LogP contribution in [0.25, 0.3) is 11.0 Å². The Morgan fingerprint density at radius 1 is 0.893 bits per heavy atom. The molecule has 0 aliphatic heterocycles. The van der Waals surface area contributed by atoms with Crippen molar-refractivity contribution in [3.8, 4) is 5.75 Å². The van der Waals surface area contributed by atoms with E-state index >= 15 is 0 Å². The summed E-state index contributed by atoms with van der Waals surface area (Å²) in [6.45, 7) is 7.76. The predicted molar refractivity (Wildman–Crippen MR) is 118 cm³/mol. The van der Waals surface area contributed by atoms with E-state index in [1.165, 1.54) is 27.9 Å². The standard InChI is InChI=1S/C24H24N2O.ClH/c1-17-8-7-11-21(14-17)16-27-22-12-13-25-23-18(2)19(3)26(24(22)23)15-20-9-5-4-6-10-20;/h4-14H,15-16H2,1-3H3;1H. The fourth-order valence-corrected chi connectivity index (χ4v) is 3.56. The number of rotatable bonds is 5. The Morgan fingerprint density at radius 3 is 2.39 bits per heavy atom. The molecule has 0 unspecified atom stereocenters. The van der Waals surface area contributed by atoms with Gasteiger partial charge in [-0.05, 0) is 37.5 Å². The Morgan fingerprint density at radius 2 is 1.64 bits per heavy atom. The molecule has 0 spiro atoms. The molecule has 2 aromatic heterocycles.